The van der Waals surface area contributed by atoms with Gasteiger partial charge in [-0.1, -0.05) is 12.1 Å². The third kappa shape index (κ3) is 1.89. The smallest absolute Gasteiger partial charge is 0.495 e. The first-order chi connectivity index (χ1) is 9.32. The van der Waals surface area contributed by atoms with Gasteiger partial charge in [-0.15, -0.1) is 0 Å². The van der Waals surface area contributed by atoms with Crippen LogP contribution in [0.4, 0.5) is 0 Å². The van der Waals surface area contributed by atoms with Gasteiger partial charge >= 0.3 is 7.12 Å². The highest BCUT2D eigenvalue weighted by molar-refractivity contribution is 6.65. The van der Waals surface area contributed by atoms with Crippen LogP contribution in [0, 0.1) is 5.21 Å². The third-order valence-corrected chi connectivity index (χ3v) is 4.35. The minimum Gasteiger partial charge on any atom is -0.618 e. The molecule has 1 saturated heterocycles. The monoisotopic (exact) mass is 271 g/mol. The molecule has 0 bridgehead atoms. The Bertz CT molecular complexity index is 653. The van der Waals surface area contributed by atoms with Crippen molar-refractivity contribution in [2.45, 2.75) is 38.9 Å². The summed E-state index contributed by atoms with van der Waals surface area (Å²) in [5.41, 5.74) is 0.746. The van der Waals surface area contributed by atoms with Gasteiger partial charge in [-0.2, -0.15) is 4.73 Å². The van der Waals surface area contributed by atoms with E-state index >= 15 is 0 Å². The van der Waals surface area contributed by atoms with Gasteiger partial charge in [-0.3, -0.25) is 0 Å². The van der Waals surface area contributed by atoms with E-state index in [1.807, 2.05) is 45.9 Å². The van der Waals surface area contributed by atoms with Crippen LogP contribution in [-0.2, 0) is 9.31 Å². The Kier molecular flexibility index (Phi) is 2.82. The lowest BCUT2D eigenvalue weighted by Gasteiger charge is -2.32. The van der Waals surface area contributed by atoms with Crippen LogP contribution in [-0.4, -0.2) is 18.3 Å². The molecule has 4 nitrogen and oxygen atoms in total. The summed E-state index contributed by atoms with van der Waals surface area (Å²) in [5, 5.41) is 12.7. The first-order valence-electron chi connectivity index (χ1n) is 6.78. The predicted molar refractivity (Wildman–Crippen MR) is 78.6 cm³/mol. The van der Waals surface area contributed by atoms with E-state index in [1.165, 1.54) is 6.20 Å². The summed E-state index contributed by atoms with van der Waals surface area (Å²) in [6.45, 7) is 8.08. The molecular formula is C15H18BNO3. The molecule has 0 amide bonds. The minimum absolute atomic E-state index is 0.387. The normalized spacial score (nSPS) is 20.5. The van der Waals surface area contributed by atoms with Crippen molar-refractivity contribution in [3.05, 3.63) is 41.7 Å². The van der Waals surface area contributed by atoms with Crippen LogP contribution in [0.25, 0.3) is 10.9 Å². The molecule has 2 heterocycles. The van der Waals surface area contributed by atoms with Crippen LogP contribution >= 0.6 is 0 Å². The Morgan fingerprint density at radius 2 is 1.60 bits per heavy atom. The average Bonchev–Trinajstić information content (AvgIpc) is 2.59. The second kappa shape index (κ2) is 4.20. The largest absolute Gasteiger partial charge is 0.618 e. The zero-order valence-electron chi connectivity index (χ0n) is 12.2. The maximum Gasteiger partial charge on any atom is 0.495 e. The van der Waals surface area contributed by atoms with E-state index < -0.39 is 7.12 Å². The summed E-state index contributed by atoms with van der Waals surface area (Å²) >= 11 is 0. The number of hydrogen-bond acceptors (Lipinski definition) is 3. The summed E-state index contributed by atoms with van der Waals surface area (Å²) in [6.07, 6.45) is 1.50. The van der Waals surface area contributed by atoms with Gasteiger partial charge in [-0.25, -0.2) is 0 Å². The minimum atomic E-state index is -0.453. The van der Waals surface area contributed by atoms with Crippen molar-refractivity contribution in [1.82, 2.24) is 0 Å². The number of fused-ring (bicyclic) bond motifs is 1. The van der Waals surface area contributed by atoms with Crippen LogP contribution in [0.15, 0.2) is 36.5 Å². The highest BCUT2D eigenvalue weighted by atomic mass is 16.7. The molecule has 104 valence electrons. The number of pyridine rings is 1. The van der Waals surface area contributed by atoms with Gasteiger partial charge in [0.25, 0.3) is 0 Å². The Labute approximate surface area is 119 Å². The van der Waals surface area contributed by atoms with Crippen LogP contribution < -0.4 is 10.2 Å². The van der Waals surface area contributed by atoms with Crippen LogP contribution in [0.3, 0.4) is 0 Å². The molecule has 20 heavy (non-hydrogen) atoms. The number of para-hydroxylation sites is 1. The second-order valence-corrected chi connectivity index (χ2v) is 6.20. The lowest BCUT2D eigenvalue weighted by atomic mass is 9.77. The van der Waals surface area contributed by atoms with Crippen molar-refractivity contribution < 1.29 is 14.0 Å². The fourth-order valence-electron chi connectivity index (χ4n) is 2.40. The topological polar surface area (TPSA) is 45.4 Å². The van der Waals surface area contributed by atoms with Gasteiger partial charge in [0, 0.05) is 23.0 Å². The number of aromatic nitrogens is 1. The number of benzene rings is 1. The van der Waals surface area contributed by atoms with Crippen molar-refractivity contribution in [2.24, 2.45) is 0 Å². The molecule has 0 unspecified atom stereocenters. The number of nitrogens with zero attached hydrogens (tertiary/aromatic N) is 1. The molecule has 1 aliphatic rings. The third-order valence-electron chi connectivity index (χ3n) is 4.35. The zero-order chi connectivity index (χ0) is 14.5. The van der Waals surface area contributed by atoms with Gasteiger partial charge in [0.1, 0.15) is 0 Å². The quantitative estimate of drug-likeness (QED) is 0.451. The van der Waals surface area contributed by atoms with Gasteiger partial charge < -0.3 is 14.5 Å². The van der Waals surface area contributed by atoms with Gasteiger partial charge in [-0.05, 0) is 33.8 Å². The highest BCUT2D eigenvalue weighted by Gasteiger charge is 2.52. The Hall–Kier alpha value is -1.59. The molecule has 3 rings (SSSR count). The summed E-state index contributed by atoms with van der Waals surface area (Å²) in [6, 6.07) is 9.26. The molecule has 0 saturated carbocycles. The molecule has 2 aromatic rings. The maximum atomic E-state index is 11.8. The number of hydrogen-bond donors (Lipinski definition) is 0. The summed E-state index contributed by atoms with van der Waals surface area (Å²) in [7, 11) is -0.453. The molecule has 5 heteroatoms. The molecule has 0 radical (unpaired) electrons. The molecule has 1 aromatic carbocycles. The lowest BCUT2D eigenvalue weighted by Crippen LogP contribution is -2.41. The molecule has 1 aliphatic heterocycles. The van der Waals surface area contributed by atoms with E-state index in [2.05, 4.69) is 0 Å². The van der Waals surface area contributed by atoms with Crippen LogP contribution in [0.2, 0.25) is 0 Å². The summed E-state index contributed by atoms with van der Waals surface area (Å²) in [5.74, 6) is 0. The van der Waals surface area contributed by atoms with E-state index in [0.29, 0.717) is 5.52 Å². The summed E-state index contributed by atoms with van der Waals surface area (Å²) in [4.78, 5) is 0. The van der Waals surface area contributed by atoms with Crippen molar-refractivity contribution in [2.75, 3.05) is 0 Å². The number of rotatable bonds is 1. The molecular weight excluding hydrogens is 253 g/mol. The maximum absolute atomic E-state index is 11.8. The summed E-state index contributed by atoms with van der Waals surface area (Å²) < 4.78 is 13.0. The molecule has 0 atom stereocenters. The Morgan fingerprint density at radius 1 is 1.00 bits per heavy atom. The second-order valence-electron chi connectivity index (χ2n) is 6.20. The fourth-order valence-corrected chi connectivity index (χ4v) is 2.40. The Balaban J connectivity index is 2.11. The molecule has 0 spiro atoms. The lowest BCUT2D eigenvalue weighted by molar-refractivity contribution is -0.576. The predicted octanol–water partition coefficient (Wildman–Crippen LogP) is 1.77. The van der Waals surface area contributed by atoms with Crippen LogP contribution in [0.5, 0.6) is 0 Å². The first-order valence-corrected chi connectivity index (χ1v) is 6.78. The van der Waals surface area contributed by atoms with Gasteiger partial charge in [0.2, 0.25) is 5.52 Å². The highest BCUT2D eigenvalue weighted by Crippen LogP contribution is 2.36. The Morgan fingerprint density at radius 3 is 2.25 bits per heavy atom. The molecule has 0 aliphatic carbocycles. The average molecular weight is 271 g/mol. The van der Waals surface area contributed by atoms with Crippen molar-refractivity contribution in [1.29, 1.82) is 0 Å². The molecule has 1 fully saturated rings. The van der Waals surface area contributed by atoms with E-state index in [0.717, 1.165) is 15.6 Å². The standard InChI is InChI=1S/C15H18BNO3/c1-14(2)15(3,4)20-16(19-14)12-9-10-17(18)13-8-6-5-7-11(12)13/h5-10H,1-4H3. The van der Waals surface area contributed by atoms with Crippen molar-refractivity contribution >= 4 is 23.5 Å². The van der Waals surface area contributed by atoms with Gasteiger partial charge in [0.15, 0.2) is 6.20 Å². The van der Waals surface area contributed by atoms with E-state index in [1.54, 1.807) is 12.1 Å². The van der Waals surface area contributed by atoms with Crippen molar-refractivity contribution in [3.63, 3.8) is 0 Å². The molecule has 1 aromatic heterocycles. The van der Waals surface area contributed by atoms with Gasteiger partial charge in [0.05, 0.1) is 11.2 Å². The zero-order valence-corrected chi connectivity index (χ0v) is 12.2. The molecule has 0 N–H and O–H groups in total. The van der Waals surface area contributed by atoms with E-state index in [4.69, 9.17) is 9.31 Å². The first kappa shape index (κ1) is 13.4. The van der Waals surface area contributed by atoms with Crippen LogP contribution in [0.1, 0.15) is 27.7 Å². The van der Waals surface area contributed by atoms with E-state index in [-0.39, 0.29) is 11.2 Å². The van der Waals surface area contributed by atoms with Crippen molar-refractivity contribution in [3.8, 4) is 0 Å². The SMILES string of the molecule is CC1(C)OB(c2cc[n+]([O-])c3ccccc23)OC1(C)C. The van der Waals surface area contributed by atoms with E-state index in [9.17, 15) is 5.21 Å². The fraction of sp³-hybridized carbons (Fsp3) is 0.400.